The van der Waals surface area contributed by atoms with Crippen LogP contribution in [0.2, 0.25) is 0 Å². The number of pyridine rings is 1. The molecule has 0 saturated carbocycles. The Bertz CT molecular complexity index is 1370. The maximum atomic E-state index is 13.0. The summed E-state index contributed by atoms with van der Waals surface area (Å²) in [5.41, 5.74) is 3.58. The van der Waals surface area contributed by atoms with Crippen molar-refractivity contribution in [2.24, 2.45) is 0 Å². The molecule has 5 rings (SSSR count). The number of aryl methyl sites for hydroxylation is 2. The second-order valence-electron chi connectivity index (χ2n) is 6.74. The second-order valence-corrected chi connectivity index (χ2v) is 6.74. The van der Waals surface area contributed by atoms with Crippen LogP contribution in [0.15, 0.2) is 65.5 Å². The van der Waals surface area contributed by atoms with E-state index in [0.29, 0.717) is 6.54 Å². The first-order chi connectivity index (χ1) is 12.7. The molecule has 2 aromatic heterocycles. The molecule has 3 nitrogen and oxygen atoms in total. The van der Waals surface area contributed by atoms with E-state index in [1.54, 1.807) is 0 Å². The lowest BCUT2D eigenvalue weighted by Gasteiger charge is -2.12. The van der Waals surface area contributed by atoms with Gasteiger partial charge in [-0.05, 0) is 43.5 Å². The van der Waals surface area contributed by atoms with Gasteiger partial charge >= 0.3 is 0 Å². The smallest absolute Gasteiger partial charge is 0.258 e. The fourth-order valence-electron chi connectivity index (χ4n) is 4.34. The summed E-state index contributed by atoms with van der Waals surface area (Å²) in [4.78, 5) is 13.0. The van der Waals surface area contributed by atoms with E-state index < -0.39 is 0 Å². The molecule has 0 radical (unpaired) electrons. The van der Waals surface area contributed by atoms with Crippen molar-refractivity contribution in [3.8, 4) is 0 Å². The fourth-order valence-corrected chi connectivity index (χ4v) is 4.34. The van der Waals surface area contributed by atoms with Crippen LogP contribution in [0.5, 0.6) is 0 Å². The van der Waals surface area contributed by atoms with Gasteiger partial charge in [0.2, 0.25) is 0 Å². The molecule has 128 valence electrons. The zero-order valence-electron chi connectivity index (χ0n) is 15.0. The molecule has 0 amide bonds. The molecule has 0 N–H and O–H groups in total. The van der Waals surface area contributed by atoms with Crippen LogP contribution in [0.4, 0.5) is 0 Å². The van der Waals surface area contributed by atoms with E-state index in [2.05, 4.69) is 54.0 Å². The lowest BCUT2D eigenvalue weighted by atomic mass is 10.0. The van der Waals surface area contributed by atoms with Crippen molar-refractivity contribution < 1.29 is 0 Å². The number of aromatic nitrogens is 2. The topological polar surface area (TPSA) is 26.9 Å². The quantitative estimate of drug-likeness (QED) is 0.400. The van der Waals surface area contributed by atoms with Gasteiger partial charge in [-0.25, -0.2) is 0 Å². The first-order valence-electron chi connectivity index (χ1n) is 9.20. The Balaban J connectivity index is 2.11. The maximum absolute atomic E-state index is 13.0. The third kappa shape index (κ3) is 1.86. The van der Waals surface area contributed by atoms with E-state index in [0.717, 1.165) is 28.2 Å². The monoisotopic (exact) mass is 340 g/mol. The van der Waals surface area contributed by atoms with Crippen LogP contribution in [-0.4, -0.2) is 9.13 Å². The summed E-state index contributed by atoms with van der Waals surface area (Å²) in [5.74, 6) is 0. The molecule has 3 aromatic carbocycles. The Kier molecular flexibility index (Phi) is 3.20. The van der Waals surface area contributed by atoms with Crippen LogP contribution in [0.3, 0.4) is 0 Å². The van der Waals surface area contributed by atoms with Crippen molar-refractivity contribution in [3.05, 3.63) is 71.0 Å². The van der Waals surface area contributed by atoms with Crippen LogP contribution in [0.1, 0.15) is 13.8 Å². The molecule has 26 heavy (non-hydrogen) atoms. The highest BCUT2D eigenvalue weighted by Gasteiger charge is 2.15. The summed E-state index contributed by atoms with van der Waals surface area (Å²) in [5, 5.41) is 5.43. The van der Waals surface area contributed by atoms with E-state index >= 15 is 0 Å². The van der Waals surface area contributed by atoms with Crippen molar-refractivity contribution >= 4 is 43.5 Å². The highest BCUT2D eigenvalue weighted by Crippen LogP contribution is 2.34. The molecule has 3 heteroatoms. The number of hydrogen-bond acceptors (Lipinski definition) is 1. The number of para-hydroxylation sites is 1. The normalized spacial score (nSPS) is 11.9. The minimum absolute atomic E-state index is 0.0918. The summed E-state index contributed by atoms with van der Waals surface area (Å²) in [6, 6.07) is 20.9. The van der Waals surface area contributed by atoms with Crippen LogP contribution in [0.25, 0.3) is 43.5 Å². The van der Waals surface area contributed by atoms with Gasteiger partial charge in [0.05, 0.1) is 5.52 Å². The van der Waals surface area contributed by atoms with Crippen molar-refractivity contribution in [2.45, 2.75) is 26.9 Å². The van der Waals surface area contributed by atoms with E-state index in [9.17, 15) is 4.79 Å². The molecule has 0 aliphatic carbocycles. The summed E-state index contributed by atoms with van der Waals surface area (Å²) >= 11 is 0. The van der Waals surface area contributed by atoms with E-state index in [-0.39, 0.29) is 5.56 Å². The van der Waals surface area contributed by atoms with Crippen molar-refractivity contribution in [2.75, 3.05) is 0 Å². The Morgan fingerprint density at radius 3 is 1.85 bits per heavy atom. The van der Waals surface area contributed by atoms with Crippen LogP contribution < -0.4 is 5.56 Å². The standard InChI is InChI=1S/C23H20N2O/c1-3-24-20-12-8-7-10-16(20)19-14-22-18(13-21(19)24)15-9-5-6-11-17(15)23(26)25(22)4-2/h5-14H,3-4H2,1-2H3. The maximum Gasteiger partial charge on any atom is 0.258 e. The molecule has 0 saturated heterocycles. The van der Waals surface area contributed by atoms with Crippen molar-refractivity contribution in [1.29, 1.82) is 0 Å². The predicted octanol–water partition coefficient (Wildman–Crippen LogP) is 5.30. The van der Waals surface area contributed by atoms with Gasteiger partial charge in [0.15, 0.2) is 0 Å². The van der Waals surface area contributed by atoms with E-state index in [1.807, 2.05) is 29.7 Å². The number of rotatable bonds is 2. The molecule has 0 aliphatic rings. The Morgan fingerprint density at radius 1 is 0.615 bits per heavy atom. The fraction of sp³-hybridized carbons (Fsp3) is 0.174. The van der Waals surface area contributed by atoms with E-state index in [1.165, 1.54) is 21.8 Å². The first-order valence-corrected chi connectivity index (χ1v) is 9.20. The molecule has 2 heterocycles. The molecule has 0 bridgehead atoms. The third-order valence-electron chi connectivity index (χ3n) is 5.51. The minimum atomic E-state index is 0.0918. The predicted molar refractivity (Wildman–Crippen MR) is 110 cm³/mol. The number of fused-ring (bicyclic) bond motifs is 6. The second kappa shape index (κ2) is 5.46. The largest absolute Gasteiger partial charge is 0.341 e. The van der Waals surface area contributed by atoms with Gasteiger partial charge in [0.1, 0.15) is 0 Å². The van der Waals surface area contributed by atoms with Gasteiger partial charge in [0, 0.05) is 45.7 Å². The molecule has 0 unspecified atom stereocenters. The average molecular weight is 340 g/mol. The van der Waals surface area contributed by atoms with Gasteiger partial charge in [-0.15, -0.1) is 0 Å². The van der Waals surface area contributed by atoms with Crippen LogP contribution in [-0.2, 0) is 13.1 Å². The van der Waals surface area contributed by atoms with E-state index in [4.69, 9.17) is 0 Å². The molecule has 0 fully saturated rings. The van der Waals surface area contributed by atoms with Gasteiger partial charge in [0.25, 0.3) is 5.56 Å². The van der Waals surface area contributed by atoms with Gasteiger partial charge in [-0.1, -0.05) is 36.4 Å². The molecule has 5 aromatic rings. The highest BCUT2D eigenvalue weighted by atomic mass is 16.1. The Hall–Kier alpha value is -3.07. The van der Waals surface area contributed by atoms with Crippen molar-refractivity contribution in [3.63, 3.8) is 0 Å². The summed E-state index contributed by atoms with van der Waals surface area (Å²) < 4.78 is 4.26. The van der Waals surface area contributed by atoms with Gasteiger partial charge in [-0.2, -0.15) is 0 Å². The molecular weight excluding hydrogens is 320 g/mol. The van der Waals surface area contributed by atoms with Crippen LogP contribution >= 0.6 is 0 Å². The van der Waals surface area contributed by atoms with Gasteiger partial charge < -0.3 is 9.13 Å². The van der Waals surface area contributed by atoms with Crippen LogP contribution in [0, 0.1) is 0 Å². The van der Waals surface area contributed by atoms with Gasteiger partial charge in [-0.3, -0.25) is 4.79 Å². The molecule has 0 spiro atoms. The van der Waals surface area contributed by atoms with Crippen molar-refractivity contribution in [1.82, 2.24) is 9.13 Å². The molecular formula is C23H20N2O. The average Bonchev–Trinajstić information content (AvgIpc) is 3.00. The summed E-state index contributed by atoms with van der Waals surface area (Å²) in [6.07, 6.45) is 0. The molecule has 0 aliphatic heterocycles. The molecule has 0 atom stereocenters. The summed E-state index contributed by atoms with van der Waals surface area (Å²) in [7, 11) is 0. The Labute approximate surface area is 151 Å². The minimum Gasteiger partial charge on any atom is -0.341 e. The zero-order chi connectivity index (χ0) is 17.8. The summed E-state index contributed by atoms with van der Waals surface area (Å²) in [6.45, 7) is 5.80. The Morgan fingerprint density at radius 2 is 1.15 bits per heavy atom. The third-order valence-corrected chi connectivity index (χ3v) is 5.51. The highest BCUT2D eigenvalue weighted by molar-refractivity contribution is 6.16. The first kappa shape index (κ1) is 15.2. The lowest BCUT2D eigenvalue weighted by molar-refractivity contribution is 0.767. The SMILES string of the molecule is CCn1c(=O)c2ccccc2c2cc3c(cc21)c1ccccc1n3CC. The zero-order valence-corrected chi connectivity index (χ0v) is 15.0. The number of benzene rings is 3. The lowest BCUT2D eigenvalue weighted by Crippen LogP contribution is -2.19. The number of nitrogens with zero attached hydrogens (tertiary/aromatic N) is 2. The number of hydrogen-bond donors (Lipinski definition) is 0.